The van der Waals surface area contributed by atoms with Crippen LogP contribution in [0.4, 0.5) is 11.4 Å². The topological polar surface area (TPSA) is 66.5 Å². The molecule has 128 valence electrons. The van der Waals surface area contributed by atoms with Gasteiger partial charge < -0.3 is 5.32 Å². The average molecular weight is 408 g/mol. The van der Waals surface area contributed by atoms with E-state index in [1.54, 1.807) is 18.2 Å². The van der Waals surface area contributed by atoms with Gasteiger partial charge in [0.15, 0.2) is 0 Å². The highest BCUT2D eigenvalue weighted by Gasteiger charge is 2.21. The van der Waals surface area contributed by atoms with E-state index < -0.39 is 22.5 Å². The number of rotatable bonds is 5. The maximum absolute atomic E-state index is 12.2. The lowest BCUT2D eigenvalue weighted by molar-refractivity contribution is -0.114. The van der Waals surface area contributed by atoms with Crippen molar-refractivity contribution >= 4 is 62.1 Å². The zero-order valence-electron chi connectivity index (χ0n) is 12.5. The third-order valence-corrected chi connectivity index (χ3v) is 4.74. The van der Waals surface area contributed by atoms with Crippen LogP contribution in [0.5, 0.6) is 0 Å². The summed E-state index contributed by atoms with van der Waals surface area (Å²) in [6.45, 7) is -0.413. The predicted molar refractivity (Wildman–Crippen MR) is 98.7 cm³/mol. The Morgan fingerprint density at radius 2 is 1.67 bits per heavy atom. The Labute approximate surface area is 155 Å². The summed E-state index contributed by atoms with van der Waals surface area (Å²) >= 11 is 17.6. The molecule has 0 radical (unpaired) electrons. The first-order valence-electron chi connectivity index (χ1n) is 6.64. The minimum atomic E-state index is -3.68. The molecule has 0 fully saturated rings. The highest BCUT2D eigenvalue weighted by Crippen LogP contribution is 2.24. The molecule has 0 aliphatic heterocycles. The number of carbonyl (C=O) groups excluding carboxylic acids is 1. The molecule has 0 heterocycles. The highest BCUT2D eigenvalue weighted by atomic mass is 35.5. The van der Waals surface area contributed by atoms with E-state index in [-0.39, 0.29) is 0 Å². The Balaban J connectivity index is 2.22. The van der Waals surface area contributed by atoms with Crippen LogP contribution < -0.4 is 9.62 Å². The molecule has 2 rings (SSSR count). The van der Waals surface area contributed by atoms with Crippen molar-refractivity contribution in [3.63, 3.8) is 0 Å². The zero-order valence-corrected chi connectivity index (χ0v) is 15.5. The quantitative estimate of drug-likeness (QED) is 0.813. The number of amides is 1. The van der Waals surface area contributed by atoms with Crippen LogP contribution in [0.25, 0.3) is 0 Å². The Kier molecular flexibility index (Phi) is 5.98. The number of nitrogens with zero attached hydrogens (tertiary/aromatic N) is 1. The largest absolute Gasteiger partial charge is 0.324 e. The molecular formula is C15H13Cl3N2O3S. The summed E-state index contributed by atoms with van der Waals surface area (Å²) in [7, 11) is -3.68. The molecule has 0 saturated heterocycles. The SMILES string of the molecule is CS(=O)(=O)N(CC(=O)Nc1cc(Cl)cc(Cl)c1)c1cccc(Cl)c1. The molecule has 2 aromatic carbocycles. The van der Waals surface area contributed by atoms with Crippen LogP contribution in [0, 0.1) is 0 Å². The Hall–Kier alpha value is -1.47. The normalized spacial score (nSPS) is 11.2. The van der Waals surface area contributed by atoms with Gasteiger partial charge in [0.25, 0.3) is 0 Å². The van der Waals surface area contributed by atoms with Gasteiger partial charge in [0.1, 0.15) is 6.54 Å². The number of halogens is 3. The number of benzene rings is 2. The Bertz CT molecular complexity index is 852. The van der Waals surface area contributed by atoms with E-state index in [0.29, 0.717) is 26.4 Å². The van der Waals surface area contributed by atoms with Crippen molar-refractivity contribution in [3.05, 3.63) is 57.5 Å². The van der Waals surface area contributed by atoms with Gasteiger partial charge in [-0.3, -0.25) is 9.10 Å². The van der Waals surface area contributed by atoms with Crippen LogP contribution in [0.3, 0.4) is 0 Å². The lowest BCUT2D eigenvalue weighted by atomic mass is 10.3. The molecule has 1 amide bonds. The van der Waals surface area contributed by atoms with E-state index >= 15 is 0 Å². The minimum absolute atomic E-state index is 0.296. The van der Waals surface area contributed by atoms with Crippen molar-refractivity contribution in [2.75, 3.05) is 22.4 Å². The van der Waals surface area contributed by atoms with Crippen molar-refractivity contribution in [3.8, 4) is 0 Å². The van der Waals surface area contributed by atoms with Gasteiger partial charge >= 0.3 is 0 Å². The van der Waals surface area contributed by atoms with Crippen LogP contribution in [0.1, 0.15) is 0 Å². The molecule has 0 aliphatic rings. The molecule has 0 unspecified atom stereocenters. The monoisotopic (exact) mass is 406 g/mol. The smallest absolute Gasteiger partial charge is 0.245 e. The summed E-state index contributed by atoms with van der Waals surface area (Å²) < 4.78 is 25.0. The maximum atomic E-state index is 12.2. The van der Waals surface area contributed by atoms with E-state index in [9.17, 15) is 13.2 Å². The molecule has 9 heteroatoms. The first-order chi connectivity index (χ1) is 11.1. The number of hydrogen-bond acceptors (Lipinski definition) is 3. The Morgan fingerprint density at radius 3 is 2.21 bits per heavy atom. The maximum Gasteiger partial charge on any atom is 0.245 e. The molecule has 24 heavy (non-hydrogen) atoms. The summed E-state index contributed by atoms with van der Waals surface area (Å²) in [4.78, 5) is 12.2. The van der Waals surface area contributed by atoms with E-state index in [1.165, 1.54) is 24.3 Å². The first-order valence-corrected chi connectivity index (χ1v) is 9.62. The first kappa shape index (κ1) is 18.9. The van der Waals surface area contributed by atoms with Crippen LogP contribution >= 0.6 is 34.8 Å². The molecular weight excluding hydrogens is 395 g/mol. The summed E-state index contributed by atoms with van der Waals surface area (Å²) in [5.41, 5.74) is 0.668. The van der Waals surface area contributed by atoms with Crippen molar-refractivity contribution in [2.45, 2.75) is 0 Å². The standard InChI is InChI=1S/C15H13Cl3N2O3S/c1-24(22,23)20(14-4-2-3-10(16)8-14)9-15(21)19-13-6-11(17)5-12(18)7-13/h2-8H,9H2,1H3,(H,19,21). The summed E-state index contributed by atoms with van der Waals surface area (Å²) in [6.07, 6.45) is 1.01. The molecule has 2 aromatic rings. The Morgan fingerprint density at radius 1 is 1.04 bits per heavy atom. The van der Waals surface area contributed by atoms with E-state index in [2.05, 4.69) is 5.32 Å². The van der Waals surface area contributed by atoms with Crippen molar-refractivity contribution in [2.24, 2.45) is 0 Å². The van der Waals surface area contributed by atoms with Crippen molar-refractivity contribution in [1.82, 2.24) is 0 Å². The van der Waals surface area contributed by atoms with Gasteiger partial charge in [-0.1, -0.05) is 40.9 Å². The van der Waals surface area contributed by atoms with Crippen LogP contribution in [-0.2, 0) is 14.8 Å². The molecule has 0 atom stereocenters. The summed E-state index contributed by atoms with van der Waals surface area (Å²) in [5, 5.41) is 3.64. The number of carbonyl (C=O) groups is 1. The summed E-state index contributed by atoms with van der Waals surface area (Å²) in [5.74, 6) is -0.543. The van der Waals surface area contributed by atoms with Gasteiger partial charge in [-0.2, -0.15) is 0 Å². The van der Waals surface area contributed by atoms with Crippen molar-refractivity contribution < 1.29 is 13.2 Å². The third-order valence-electron chi connectivity index (χ3n) is 2.93. The van der Waals surface area contributed by atoms with E-state index in [1.807, 2.05) is 0 Å². The molecule has 0 bridgehead atoms. The minimum Gasteiger partial charge on any atom is -0.324 e. The van der Waals surface area contributed by atoms with Gasteiger partial charge in [-0.05, 0) is 36.4 Å². The number of anilines is 2. The second-order valence-electron chi connectivity index (χ2n) is 4.96. The fourth-order valence-electron chi connectivity index (χ4n) is 1.99. The zero-order chi connectivity index (χ0) is 17.9. The van der Waals surface area contributed by atoms with E-state index in [4.69, 9.17) is 34.8 Å². The summed E-state index contributed by atoms with van der Waals surface area (Å²) in [6, 6.07) is 10.8. The van der Waals surface area contributed by atoms with Gasteiger partial charge in [-0.25, -0.2) is 8.42 Å². The predicted octanol–water partition coefficient (Wildman–Crippen LogP) is 4.05. The van der Waals surface area contributed by atoms with E-state index in [0.717, 1.165) is 10.6 Å². The lowest BCUT2D eigenvalue weighted by Crippen LogP contribution is -2.37. The number of nitrogens with one attached hydrogen (secondary N) is 1. The van der Waals surface area contributed by atoms with Crippen molar-refractivity contribution in [1.29, 1.82) is 0 Å². The number of hydrogen-bond donors (Lipinski definition) is 1. The second kappa shape index (κ2) is 7.61. The fourth-order valence-corrected chi connectivity index (χ4v) is 3.55. The molecule has 5 nitrogen and oxygen atoms in total. The molecule has 0 aliphatic carbocycles. The fraction of sp³-hybridized carbons (Fsp3) is 0.133. The molecule has 0 aromatic heterocycles. The lowest BCUT2D eigenvalue weighted by Gasteiger charge is -2.22. The van der Waals surface area contributed by atoms with Crippen LogP contribution in [-0.4, -0.2) is 27.1 Å². The third kappa shape index (κ3) is 5.27. The van der Waals surface area contributed by atoms with Crippen LogP contribution in [0.15, 0.2) is 42.5 Å². The molecule has 0 spiro atoms. The number of sulfonamides is 1. The second-order valence-corrected chi connectivity index (χ2v) is 8.17. The average Bonchev–Trinajstić information content (AvgIpc) is 2.42. The van der Waals surface area contributed by atoms with Crippen LogP contribution in [0.2, 0.25) is 15.1 Å². The van der Waals surface area contributed by atoms with Gasteiger partial charge in [0.2, 0.25) is 15.9 Å². The van der Waals surface area contributed by atoms with Gasteiger partial charge in [0.05, 0.1) is 11.9 Å². The van der Waals surface area contributed by atoms with Gasteiger partial charge in [-0.15, -0.1) is 0 Å². The molecule has 1 N–H and O–H groups in total. The van der Waals surface area contributed by atoms with Gasteiger partial charge in [0, 0.05) is 20.8 Å². The highest BCUT2D eigenvalue weighted by molar-refractivity contribution is 7.92. The molecule has 0 saturated carbocycles.